The summed E-state index contributed by atoms with van der Waals surface area (Å²) in [5.74, 6) is 0.523. The van der Waals surface area contributed by atoms with Gasteiger partial charge < -0.3 is 10.2 Å². The third-order valence-corrected chi connectivity index (χ3v) is 5.52. The molecular weight excluding hydrogens is 362 g/mol. The first-order valence-electron chi connectivity index (χ1n) is 10.5. The monoisotopic (exact) mass is 393 g/mol. The molecule has 0 saturated carbocycles. The molecule has 154 valence electrons. The Morgan fingerprint density at radius 3 is 2.24 bits per heavy atom. The fourth-order valence-corrected chi connectivity index (χ4v) is 3.65. The van der Waals surface area contributed by atoms with E-state index in [9.17, 15) is 9.59 Å². The Labute approximate surface area is 173 Å². The van der Waals surface area contributed by atoms with E-state index in [2.05, 4.69) is 31.0 Å². The molecule has 5 heteroatoms. The maximum atomic E-state index is 12.7. The largest absolute Gasteiger partial charge is 0.336 e. The van der Waals surface area contributed by atoms with Crippen LogP contribution in [0.25, 0.3) is 0 Å². The highest BCUT2D eigenvalue weighted by Crippen LogP contribution is 2.17. The van der Waals surface area contributed by atoms with Crippen molar-refractivity contribution in [3.8, 4) is 0 Å². The van der Waals surface area contributed by atoms with Crippen LogP contribution in [0.2, 0.25) is 0 Å². The Balaban J connectivity index is 1.49. The lowest BCUT2D eigenvalue weighted by atomic mass is 10.0. The highest BCUT2D eigenvalue weighted by atomic mass is 16.2. The van der Waals surface area contributed by atoms with Gasteiger partial charge in [-0.25, -0.2) is 0 Å². The van der Waals surface area contributed by atoms with Crippen molar-refractivity contribution < 1.29 is 9.59 Å². The van der Waals surface area contributed by atoms with Crippen molar-refractivity contribution in [2.45, 2.75) is 33.1 Å². The smallest absolute Gasteiger partial charge is 0.253 e. The molecule has 1 aliphatic heterocycles. The number of aryl methyl sites for hydroxylation is 1. The Kier molecular flexibility index (Phi) is 7.04. The van der Waals surface area contributed by atoms with Crippen molar-refractivity contribution in [2.24, 2.45) is 0 Å². The Hall–Kier alpha value is -2.66. The van der Waals surface area contributed by atoms with Gasteiger partial charge >= 0.3 is 0 Å². The third-order valence-electron chi connectivity index (χ3n) is 5.52. The van der Waals surface area contributed by atoms with E-state index in [0.717, 1.165) is 23.2 Å². The van der Waals surface area contributed by atoms with Crippen molar-refractivity contribution in [1.82, 2.24) is 9.80 Å². The first kappa shape index (κ1) is 21.1. The van der Waals surface area contributed by atoms with Crippen molar-refractivity contribution >= 4 is 17.5 Å². The lowest BCUT2D eigenvalue weighted by Crippen LogP contribution is -2.50. The molecule has 1 N–H and O–H groups in total. The van der Waals surface area contributed by atoms with Gasteiger partial charge in [-0.05, 0) is 41.7 Å². The van der Waals surface area contributed by atoms with Crippen molar-refractivity contribution in [3.63, 3.8) is 0 Å². The number of nitrogens with one attached hydrogen (secondary N) is 1. The predicted molar refractivity (Wildman–Crippen MR) is 117 cm³/mol. The molecule has 1 aliphatic rings. The van der Waals surface area contributed by atoms with Crippen LogP contribution >= 0.6 is 0 Å². The normalized spacial score (nSPS) is 14.8. The average molecular weight is 394 g/mol. The first-order chi connectivity index (χ1) is 14.0. The molecule has 2 aromatic rings. The molecule has 0 bridgehead atoms. The second-order valence-corrected chi connectivity index (χ2v) is 7.90. The summed E-state index contributed by atoms with van der Waals surface area (Å²) in [5, 5.41) is 3.02. The number of amides is 2. The van der Waals surface area contributed by atoms with E-state index in [0.29, 0.717) is 38.6 Å². The summed E-state index contributed by atoms with van der Waals surface area (Å²) in [4.78, 5) is 29.2. The molecule has 29 heavy (non-hydrogen) atoms. The molecule has 1 heterocycles. The van der Waals surface area contributed by atoms with E-state index >= 15 is 0 Å². The van der Waals surface area contributed by atoms with E-state index in [-0.39, 0.29) is 11.8 Å². The van der Waals surface area contributed by atoms with Crippen LogP contribution in [0.5, 0.6) is 0 Å². The van der Waals surface area contributed by atoms with Crippen LogP contribution < -0.4 is 5.32 Å². The number of benzene rings is 2. The lowest BCUT2D eigenvalue weighted by Gasteiger charge is -2.34. The summed E-state index contributed by atoms with van der Waals surface area (Å²) in [7, 11) is 0. The maximum absolute atomic E-state index is 12.7. The van der Waals surface area contributed by atoms with E-state index < -0.39 is 0 Å². The average Bonchev–Trinajstić information content (AvgIpc) is 2.74. The van der Waals surface area contributed by atoms with Gasteiger partial charge in [0.2, 0.25) is 5.91 Å². The molecule has 0 spiro atoms. The summed E-state index contributed by atoms with van der Waals surface area (Å²) in [6.45, 7) is 9.42. The zero-order valence-electron chi connectivity index (χ0n) is 17.6. The molecule has 2 aromatic carbocycles. The summed E-state index contributed by atoms with van der Waals surface area (Å²) in [6, 6.07) is 15.8. The molecule has 0 aliphatic carbocycles. The summed E-state index contributed by atoms with van der Waals surface area (Å²) < 4.78 is 0. The Morgan fingerprint density at radius 2 is 1.62 bits per heavy atom. The van der Waals surface area contributed by atoms with Gasteiger partial charge in [0, 0.05) is 37.4 Å². The highest BCUT2D eigenvalue weighted by Gasteiger charge is 2.23. The number of para-hydroxylation sites is 1. The Morgan fingerprint density at radius 1 is 0.966 bits per heavy atom. The number of nitrogens with zero attached hydrogens (tertiary/aromatic N) is 2. The van der Waals surface area contributed by atoms with Crippen molar-refractivity contribution in [1.29, 1.82) is 0 Å². The molecule has 3 rings (SSSR count). The number of hydrogen-bond acceptors (Lipinski definition) is 3. The summed E-state index contributed by atoms with van der Waals surface area (Å²) >= 11 is 0. The fraction of sp³-hybridized carbons (Fsp3) is 0.417. The van der Waals surface area contributed by atoms with Crippen LogP contribution in [0.4, 0.5) is 5.69 Å². The molecule has 2 amide bonds. The van der Waals surface area contributed by atoms with Gasteiger partial charge in [-0.2, -0.15) is 0 Å². The van der Waals surface area contributed by atoms with Gasteiger partial charge in [-0.15, -0.1) is 0 Å². The van der Waals surface area contributed by atoms with E-state index in [1.54, 1.807) is 0 Å². The maximum Gasteiger partial charge on any atom is 0.253 e. The molecule has 0 radical (unpaired) electrons. The standard InChI is InChI=1S/C24H31N3O2/c1-4-19-7-5-6-8-22(19)25-23(28)17-26-13-15-27(16-14-26)24(29)21-11-9-20(10-12-21)18(2)3/h5-12,18H,4,13-17H2,1-3H3,(H,25,28). The molecule has 0 atom stereocenters. The Bertz CT molecular complexity index is 837. The number of rotatable bonds is 6. The second-order valence-electron chi connectivity index (χ2n) is 7.90. The molecule has 1 saturated heterocycles. The number of carbonyl (C=O) groups excluding carboxylic acids is 2. The molecule has 1 fully saturated rings. The van der Waals surface area contributed by atoms with Crippen molar-refractivity contribution in [2.75, 3.05) is 38.0 Å². The number of hydrogen-bond donors (Lipinski definition) is 1. The highest BCUT2D eigenvalue weighted by molar-refractivity contribution is 5.94. The zero-order chi connectivity index (χ0) is 20.8. The van der Waals surface area contributed by atoms with Crippen LogP contribution in [-0.4, -0.2) is 54.3 Å². The third kappa shape index (κ3) is 5.45. The minimum Gasteiger partial charge on any atom is -0.336 e. The first-order valence-corrected chi connectivity index (χ1v) is 10.5. The van der Waals surface area contributed by atoms with Gasteiger partial charge in [-0.1, -0.05) is 51.1 Å². The molecule has 0 unspecified atom stereocenters. The fourth-order valence-electron chi connectivity index (χ4n) is 3.65. The molecule has 5 nitrogen and oxygen atoms in total. The van der Waals surface area contributed by atoms with Crippen LogP contribution in [0.1, 0.15) is 48.2 Å². The lowest BCUT2D eigenvalue weighted by molar-refractivity contribution is -0.117. The van der Waals surface area contributed by atoms with Gasteiger partial charge in [-0.3, -0.25) is 14.5 Å². The van der Waals surface area contributed by atoms with Gasteiger partial charge in [0.1, 0.15) is 0 Å². The number of piperazine rings is 1. The molecular formula is C24H31N3O2. The van der Waals surface area contributed by atoms with E-state index in [1.165, 1.54) is 5.56 Å². The predicted octanol–water partition coefficient (Wildman–Crippen LogP) is 3.77. The van der Waals surface area contributed by atoms with Crippen LogP contribution in [0, 0.1) is 0 Å². The minimum atomic E-state index is -0.00468. The van der Waals surface area contributed by atoms with E-state index in [1.807, 2.05) is 53.4 Å². The number of carbonyl (C=O) groups is 2. The zero-order valence-corrected chi connectivity index (χ0v) is 17.6. The number of anilines is 1. The van der Waals surface area contributed by atoms with Crippen LogP contribution in [0.3, 0.4) is 0 Å². The van der Waals surface area contributed by atoms with Crippen LogP contribution in [0.15, 0.2) is 48.5 Å². The minimum absolute atomic E-state index is 0.00468. The SMILES string of the molecule is CCc1ccccc1NC(=O)CN1CCN(C(=O)c2ccc(C(C)C)cc2)CC1. The molecule has 0 aromatic heterocycles. The summed E-state index contributed by atoms with van der Waals surface area (Å²) in [5.41, 5.74) is 4.00. The van der Waals surface area contributed by atoms with Crippen molar-refractivity contribution in [3.05, 3.63) is 65.2 Å². The topological polar surface area (TPSA) is 52.7 Å². The quantitative estimate of drug-likeness (QED) is 0.813. The second kappa shape index (κ2) is 9.70. The van der Waals surface area contributed by atoms with Gasteiger partial charge in [0.15, 0.2) is 0 Å². The van der Waals surface area contributed by atoms with Gasteiger partial charge in [0.05, 0.1) is 6.54 Å². The van der Waals surface area contributed by atoms with Crippen LogP contribution in [-0.2, 0) is 11.2 Å². The van der Waals surface area contributed by atoms with E-state index in [4.69, 9.17) is 0 Å². The van der Waals surface area contributed by atoms with Gasteiger partial charge in [0.25, 0.3) is 5.91 Å². The summed E-state index contributed by atoms with van der Waals surface area (Å²) in [6.07, 6.45) is 0.884.